The number of aryl methyl sites for hydroxylation is 2. The molecule has 1 aliphatic rings. The van der Waals surface area contributed by atoms with E-state index in [1.54, 1.807) is 0 Å². The molecule has 1 aliphatic heterocycles. The van der Waals surface area contributed by atoms with E-state index in [1.807, 2.05) is 29.7 Å². The monoisotopic (exact) mass is 396 g/mol. The number of carbonyl (C=O) groups is 2. The van der Waals surface area contributed by atoms with E-state index in [1.165, 1.54) is 0 Å². The first kappa shape index (κ1) is 21.1. The zero-order valence-corrected chi connectivity index (χ0v) is 17.8. The number of amides is 2. The molecular formula is C23H32N4O2. The molecule has 0 bridgehead atoms. The molecule has 2 aromatic rings. The van der Waals surface area contributed by atoms with Crippen LogP contribution in [0.25, 0.3) is 0 Å². The Bertz CT molecular complexity index is 885. The van der Waals surface area contributed by atoms with Crippen molar-refractivity contribution in [2.24, 2.45) is 0 Å². The number of hydrogen-bond donors (Lipinski definition) is 2. The molecule has 0 fully saturated rings. The van der Waals surface area contributed by atoms with E-state index in [0.717, 1.165) is 74.0 Å². The summed E-state index contributed by atoms with van der Waals surface area (Å²) in [6.45, 7) is 7.57. The van der Waals surface area contributed by atoms with Gasteiger partial charge in [0.2, 0.25) is 0 Å². The number of hydrogen-bond acceptors (Lipinski definition) is 3. The van der Waals surface area contributed by atoms with Gasteiger partial charge in [-0.25, -0.2) is 4.98 Å². The van der Waals surface area contributed by atoms with Crippen molar-refractivity contribution < 1.29 is 9.59 Å². The molecule has 3 rings (SSSR count). The predicted molar refractivity (Wildman–Crippen MR) is 116 cm³/mol. The maximum atomic E-state index is 13.1. The summed E-state index contributed by atoms with van der Waals surface area (Å²) in [4.78, 5) is 30.3. The van der Waals surface area contributed by atoms with Gasteiger partial charge in [0.25, 0.3) is 11.8 Å². The average Bonchev–Trinajstić information content (AvgIpc) is 3.12. The zero-order valence-electron chi connectivity index (χ0n) is 17.8. The molecule has 2 heterocycles. The van der Waals surface area contributed by atoms with Crippen LogP contribution in [0, 0.1) is 6.92 Å². The number of rotatable bonds is 8. The number of nitrogens with one attached hydrogen (secondary N) is 2. The fraction of sp³-hybridized carbons (Fsp3) is 0.522. The Balaban J connectivity index is 1.85. The van der Waals surface area contributed by atoms with E-state index in [0.29, 0.717) is 18.1 Å². The number of unbranched alkanes of at least 4 members (excludes halogenated alkanes) is 2. The fourth-order valence-electron chi connectivity index (χ4n) is 3.93. The third-order valence-corrected chi connectivity index (χ3v) is 5.58. The van der Waals surface area contributed by atoms with Crippen molar-refractivity contribution in [1.82, 2.24) is 14.9 Å². The molecule has 2 N–H and O–H groups in total. The van der Waals surface area contributed by atoms with Crippen LogP contribution in [0.2, 0.25) is 0 Å². The molecule has 6 heteroatoms. The van der Waals surface area contributed by atoms with Crippen molar-refractivity contribution in [2.45, 2.75) is 72.3 Å². The van der Waals surface area contributed by atoms with Crippen LogP contribution in [0.3, 0.4) is 0 Å². The van der Waals surface area contributed by atoms with Gasteiger partial charge in [0, 0.05) is 18.8 Å². The molecular weight excluding hydrogens is 364 g/mol. The van der Waals surface area contributed by atoms with Gasteiger partial charge in [0.1, 0.15) is 0 Å². The normalized spacial score (nSPS) is 13.1. The van der Waals surface area contributed by atoms with Crippen LogP contribution < -0.4 is 10.6 Å². The highest BCUT2D eigenvalue weighted by molar-refractivity contribution is 6.05. The first-order chi connectivity index (χ1) is 14.1. The lowest BCUT2D eigenvalue weighted by molar-refractivity contribution is 0.0937. The number of aromatic nitrogens is 2. The lowest BCUT2D eigenvalue weighted by Gasteiger charge is -2.17. The summed E-state index contributed by atoms with van der Waals surface area (Å²) in [6.07, 6.45) is 6.77. The Morgan fingerprint density at radius 3 is 2.72 bits per heavy atom. The number of benzene rings is 1. The van der Waals surface area contributed by atoms with E-state index in [4.69, 9.17) is 0 Å². The molecule has 0 unspecified atom stereocenters. The second kappa shape index (κ2) is 9.72. The summed E-state index contributed by atoms with van der Waals surface area (Å²) in [5.74, 6) is -0.0556. The van der Waals surface area contributed by atoms with Gasteiger partial charge in [0.15, 0.2) is 11.5 Å². The maximum absolute atomic E-state index is 13.1. The highest BCUT2D eigenvalue weighted by Gasteiger charge is 2.27. The lowest BCUT2D eigenvalue weighted by Crippen LogP contribution is -2.28. The summed E-state index contributed by atoms with van der Waals surface area (Å²) in [6, 6.07) is 6.02. The van der Waals surface area contributed by atoms with Crippen molar-refractivity contribution in [3.05, 3.63) is 46.5 Å². The molecule has 0 saturated heterocycles. The molecule has 0 radical (unpaired) electrons. The van der Waals surface area contributed by atoms with Gasteiger partial charge >= 0.3 is 0 Å². The SMILES string of the molecule is CCCCCNC(=O)c1nc(C(=O)Nc2c(C)cccc2CC)c2n1CCCC2. The minimum absolute atomic E-state index is 0.187. The maximum Gasteiger partial charge on any atom is 0.287 e. The van der Waals surface area contributed by atoms with Crippen molar-refractivity contribution in [2.75, 3.05) is 11.9 Å². The molecule has 0 saturated carbocycles. The average molecular weight is 397 g/mol. The number of imidazole rings is 1. The lowest BCUT2D eigenvalue weighted by atomic mass is 10.0. The van der Waals surface area contributed by atoms with E-state index < -0.39 is 0 Å². The van der Waals surface area contributed by atoms with Gasteiger partial charge in [0.05, 0.1) is 5.69 Å². The van der Waals surface area contributed by atoms with Crippen LogP contribution in [0.1, 0.15) is 83.9 Å². The third-order valence-electron chi connectivity index (χ3n) is 5.58. The summed E-state index contributed by atoms with van der Waals surface area (Å²) in [5, 5.41) is 6.02. The standard InChI is InChI=1S/C23H32N4O2/c1-4-6-8-14-24-23(29)21-25-20(18-13-7-9-15-27(18)21)22(28)26-19-16(3)11-10-12-17(19)5-2/h10-12H,4-9,13-15H2,1-3H3,(H,24,29)(H,26,28). The van der Waals surface area contributed by atoms with E-state index in [-0.39, 0.29) is 11.8 Å². The van der Waals surface area contributed by atoms with Crippen LogP contribution in [-0.2, 0) is 19.4 Å². The Hall–Kier alpha value is -2.63. The Labute approximate surface area is 173 Å². The first-order valence-electron chi connectivity index (χ1n) is 10.8. The van der Waals surface area contributed by atoms with E-state index in [2.05, 4.69) is 29.5 Å². The molecule has 1 aromatic carbocycles. The zero-order chi connectivity index (χ0) is 20.8. The largest absolute Gasteiger partial charge is 0.349 e. The molecule has 2 amide bonds. The Morgan fingerprint density at radius 2 is 1.97 bits per heavy atom. The van der Waals surface area contributed by atoms with Gasteiger partial charge in [-0.15, -0.1) is 0 Å². The van der Waals surface area contributed by atoms with Gasteiger partial charge in [-0.2, -0.15) is 0 Å². The molecule has 0 atom stereocenters. The molecule has 156 valence electrons. The number of nitrogens with zero attached hydrogens (tertiary/aromatic N) is 2. The molecule has 6 nitrogen and oxygen atoms in total. The minimum atomic E-state index is -0.232. The van der Waals surface area contributed by atoms with E-state index in [9.17, 15) is 9.59 Å². The smallest absolute Gasteiger partial charge is 0.287 e. The summed E-state index contributed by atoms with van der Waals surface area (Å²) in [5.41, 5.74) is 4.23. The van der Waals surface area contributed by atoms with Crippen molar-refractivity contribution in [3.8, 4) is 0 Å². The van der Waals surface area contributed by atoms with Gasteiger partial charge in [-0.05, 0) is 50.2 Å². The highest BCUT2D eigenvalue weighted by atomic mass is 16.2. The highest BCUT2D eigenvalue weighted by Crippen LogP contribution is 2.25. The minimum Gasteiger partial charge on any atom is -0.349 e. The van der Waals surface area contributed by atoms with Gasteiger partial charge in [-0.1, -0.05) is 44.9 Å². The second-order valence-corrected chi connectivity index (χ2v) is 7.72. The fourth-order valence-corrected chi connectivity index (χ4v) is 3.93. The van der Waals surface area contributed by atoms with Gasteiger partial charge in [-0.3, -0.25) is 9.59 Å². The third kappa shape index (κ3) is 4.69. The summed E-state index contributed by atoms with van der Waals surface area (Å²) >= 11 is 0. The first-order valence-corrected chi connectivity index (χ1v) is 10.8. The van der Waals surface area contributed by atoms with Crippen LogP contribution in [0.5, 0.6) is 0 Å². The number of anilines is 1. The molecule has 0 spiro atoms. The Kier molecular flexibility index (Phi) is 7.07. The van der Waals surface area contributed by atoms with Crippen LogP contribution in [0.4, 0.5) is 5.69 Å². The van der Waals surface area contributed by atoms with Gasteiger partial charge < -0.3 is 15.2 Å². The molecule has 1 aromatic heterocycles. The van der Waals surface area contributed by atoms with E-state index >= 15 is 0 Å². The summed E-state index contributed by atoms with van der Waals surface area (Å²) in [7, 11) is 0. The van der Waals surface area contributed by atoms with Crippen LogP contribution >= 0.6 is 0 Å². The van der Waals surface area contributed by atoms with Crippen molar-refractivity contribution in [3.63, 3.8) is 0 Å². The van der Waals surface area contributed by atoms with Crippen molar-refractivity contribution in [1.29, 1.82) is 0 Å². The number of fused-ring (bicyclic) bond motifs is 1. The molecule has 29 heavy (non-hydrogen) atoms. The number of para-hydroxylation sites is 1. The van der Waals surface area contributed by atoms with Crippen molar-refractivity contribution >= 4 is 17.5 Å². The molecule has 0 aliphatic carbocycles. The predicted octanol–water partition coefficient (Wildman–Crippen LogP) is 4.26. The Morgan fingerprint density at radius 1 is 1.14 bits per heavy atom. The van der Waals surface area contributed by atoms with Crippen LogP contribution in [-0.4, -0.2) is 27.9 Å². The number of carbonyl (C=O) groups excluding carboxylic acids is 2. The van der Waals surface area contributed by atoms with Crippen LogP contribution in [0.15, 0.2) is 18.2 Å². The summed E-state index contributed by atoms with van der Waals surface area (Å²) < 4.78 is 1.94. The second-order valence-electron chi connectivity index (χ2n) is 7.72. The quantitative estimate of drug-likeness (QED) is 0.655. The topological polar surface area (TPSA) is 76.0 Å².